The van der Waals surface area contributed by atoms with E-state index in [-0.39, 0.29) is 17.8 Å². The number of para-hydroxylation sites is 1. The second-order valence-electron chi connectivity index (χ2n) is 6.54. The van der Waals surface area contributed by atoms with Gasteiger partial charge in [-0.05, 0) is 67.1 Å². The third kappa shape index (κ3) is 6.06. The van der Waals surface area contributed by atoms with E-state index < -0.39 is 0 Å². The Balaban J connectivity index is 1.60. The summed E-state index contributed by atoms with van der Waals surface area (Å²) < 4.78 is 13.3. The quantitative estimate of drug-likeness (QED) is 0.502. The minimum absolute atomic E-state index is 0.214. The average Bonchev–Trinajstić information content (AvgIpc) is 2.75. The fraction of sp³-hybridized carbons (Fsp3) is 0.130. The molecule has 0 aliphatic carbocycles. The number of hydrogen-bond acceptors (Lipinski definition) is 2. The molecule has 0 radical (unpaired) electrons. The van der Waals surface area contributed by atoms with Crippen molar-refractivity contribution in [2.45, 2.75) is 6.42 Å². The molecule has 3 aromatic rings. The van der Waals surface area contributed by atoms with Crippen molar-refractivity contribution in [2.24, 2.45) is 0 Å². The monoisotopic (exact) mass is 425 g/mol. The first kappa shape index (κ1) is 21.3. The molecule has 0 fully saturated rings. The SMILES string of the molecule is O=C(NCCCN(C(=O)Nc1ccccc1)c1ccc(F)cc1)c1ccc(Cl)cc1. The van der Waals surface area contributed by atoms with Gasteiger partial charge in [-0.15, -0.1) is 0 Å². The minimum Gasteiger partial charge on any atom is -0.352 e. The van der Waals surface area contributed by atoms with Crippen LogP contribution in [-0.2, 0) is 0 Å². The van der Waals surface area contributed by atoms with E-state index in [0.29, 0.717) is 41.5 Å². The van der Waals surface area contributed by atoms with Gasteiger partial charge in [0.05, 0.1) is 0 Å². The van der Waals surface area contributed by atoms with Gasteiger partial charge in [-0.2, -0.15) is 0 Å². The van der Waals surface area contributed by atoms with E-state index in [2.05, 4.69) is 10.6 Å². The van der Waals surface area contributed by atoms with Crippen LogP contribution in [0.25, 0.3) is 0 Å². The number of rotatable bonds is 7. The highest BCUT2D eigenvalue weighted by molar-refractivity contribution is 6.30. The fourth-order valence-electron chi connectivity index (χ4n) is 2.82. The number of nitrogens with zero attached hydrogens (tertiary/aromatic N) is 1. The molecule has 0 unspecified atom stereocenters. The topological polar surface area (TPSA) is 61.4 Å². The number of amides is 3. The van der Waals surface area contributed by atoms with Gasteiger partial charge in [0.25, 0.3) is 5.91 Å². The van der Waals surface area contributed by atoms with Crippen LogP contribution in [0.1, 0.15) is 16.8 Å². The number of nitrogens with one attached hydrogen (secondary N) is 2. The molecular formula is C23H21ClFN3O2. The summed E-state index contributed by atoms with van der Waals surface area (Å²) in [5.74, 6) is -0.592. The molecule has 30 heavy (non-hydrogen) atoms. The van der Waals surface area contributed by atoms with E-state index in [1.54, 1.807) is 48.5 Å². The lowest BCUT2D eigenvalue weighted by Gasteiger charge is -2.23. The smallest absolute Gasteiger partial charge is 0.326 e. The zero-order valence-electron chi connectivity index (χ0n) is 16.1. The maximum atomic E-state index is 13.3. The number of anilines is 2. The van der Waals surface area contributed by atoms with E-state index in [1.807, 2.05) is 18.2 Å². The molecular weight excluding hydrogens is 405 g/mol. The summed E-state index contributed by atoms with van der Waals surface area (Å²) in [5.41, 5.74) is 1.73. The molecule has 0 aromatic heterocycles. The summed E-state index contributed by atoms with van der Waals surface area (Å²) in [5, 5.41) is 6.21. The van der Waals surface area contributed by atoms with Crippen molar-refractivity contribution in [3.8, 4) is 0 Å². The summed E-state index contributed by atoms with van der Waals surface area (Å²) in [6.45, 7) is 0.711. The van der Waals surface area contributed by atoms with E-state index >= 15 is 0 Å². The molecule has 3 rings (SSSR count). The predicted molar refractivity (Wildman–Crippen MR) is 118 cm³/mol. The summed E-state index contributed by atoms with van der Waals surface area (Å²) >= 11 is 5.84. The normalized spacial score (nSPS) is 10.3. The minimum atomic E-state index is -0.377. The second-order valence-corrected chi connectivity index (χ2v) is 6.98. The highest BCUT2D eigenvalue weighted by Gasteiger charge is 2.16. The van der Waals surface area contributed by atoms with Crippen LogP contribution in [0.2, 0.25) is 5.02 Å². The third-order valence-electron chi connectivity index (χ3n) is 4.36. The molecule has 0 saturated heterocycles. The van der Waals surface area contributed by atoms with Crippen LogP contribution in [0.5, 0.6) is 0 Å². The summed E-state index contributed by atoms with van der Waals surface area (Å²) in [6, 6.07) is 21.1. The number of carbonyl (C=O) groups excluding carboxylic acids is 2. The van der Waals surface area contributed by atoms with Crippen molar-refractivity contribution in [1.82, 2.24) is 5.32 Å². The standard InChI is InChI=1S/C23H21ClFN3O2/c24-18-9-7-17(8-10-18)22(29)26-15-4-16-28(21-13-11-19(25)12-14-21)23(30)27-20-5-2-1-3-6-20/h1-3,5-14H,4,15-16H2,(H,26,29)(H,27,30). The Hall–Kier alpha value is -3.38. The lowest BCUT2D eigenvalue weighted by Crippen LogP contribution is -2.37. The molecule has 0 bridgehead atoms. The van der Waals surface area contributed by atoms with Crippen molar-refractivity contribution in [2.75, 3.05) is 23.3 Å². The first-order valence-electron chi connectivity index (χ1n) is 9.46. The first-order chi connectivity index (χ1) is 14.5. The Bertz CT molecular complexity index is 980. The maximum Gasteiger partial charge on any atom is 0.326 e. The maximum absolute atomic E-state index is 13.3. The van der Waals surface area contributed by atoms with Gasteiger partial charge >= 0.3 is 6.03 Å². The summed E-state index contributed by atoms with van der Waals surface area (Å²) in [7, 11) is 0. The lowest BCUT2D eigenvalue weighted by atomic mass is 10.2. The molecule has 0 aliphatic heterocycles. The molecule has 5 nitrogen and oxygen atoms in total. The van der Waals surface area contributed by atoms with Gasteiger partial charge in [0, 0.05) is 35.1 Å². The van der Waals surface area contributed by atoms with Crippen LogP contribution in [0.15, 0.2) is 78.9 Å². The lowest BCUT2D eigenvalue weighted by molar-refractivity contribution is 0.0953. The van der Waals surface area contributed by atoms with E-state index in [4.69, 9.17) is 11.6 Å². The van der Waals surface area contributed by atoms with Gasteiger partial charge in [0.2, 0.25) is 0 Å². The highest BCUT2D eigenvalue weighted by Crippen LogP contribution is 2.17. The largest absolute Gasteiger partial charge is 0.352 e. The molecule has 154 valence electrons. The molecule has 3 amide bonds. The Morgan fingerprint density at radius 3 is 2.23 bits per heavy atom. The van der Waals surface area contributed by atoms with Gasteiger partial charge in [0.1, 0.15) is 5.82 Å². The average molecular weight is 426 g/mol. The van der Waals surface area contributed by atoms with Crippen molar-refractivity contribution in [3.63, 3.8) is 0 Å². The fourth-order valence-corrected chi connectivity index (χ4v) is 2.95. The van der Waals surface area contributed by atoms with Crippen LogP contribution >= 0.6 is 11.6 Å². The molecule has 0 heterocycles. The van der Waals surface area contributed by atoms with Crippen LogP contribution in [0, 0.1) is 5.82 Å². The summed E-state index contributed by atoms with van der Waals surface area (Å²) in [6.07, 6.45) is 0.513. The number of carbonyl (C=O) groups is 2. The highest BCUT2D eigenvalue weighted by atomic mass is 35.5. The van der Waals surface area contributed by atoms with Crippen molar-refractivity contribution >= 4 is 34.9 Å². The molecule has 3 aromatic carbocycles. The number of hydrogen-bond donors (Lipinski definition) is 2. The number of urea groups is 1. The van der Waals surface area contributed by atoms with E-state index in [9.17, 15) is 14.0 Å². The zero-order chi connectivity index (χ0) is 21.3. The molecule has 0 atom stereocenters. The Labute approximate surface area is 179 Å². The van der Waals surface area contributed by atoms with Gasteiger partial charge in [-0.1, -0.05) is 29.8 Å². The number of halogens is 2. The van der Waals surface area contributed by atoms with Crippen LogP contribution in [0.3, 0.4) is 0 Å². The van der Waals surface area contributed by atoms with Crippen molar-refractivity contribution in [1.29, 1.82) is 0 Å². The zero-order valence-corrected chi connectivity index (χ0v) is 16.9. The molecule has 0 saturated carbocycles. The van der Waals surface area contributed by atoms with Crippen LogP contribution in [-0.4, -0.2) is 25.0 Å². The van der Waals surface area contributed by atoms with Gasteiger partial charge < -0.3 is 10.6 Å². The second kappa shape index (κ2) is 10.4. The Morgan fingerprint density at radius 2 is 1.57 bits per heavy atom. The van der Waals surface area contributed by atoms with Crippen LogP contribution in [0.4, 0.5) is 20.6 Å². The van der Waals surface area contributed by atoms with E-state index in [0.717, 1.165) is 0 Å². The molecule has 0 aliphatic rings. The number of benzene rings is 3. The van der Waals surface area contributed by atoms with Crippen LogP contribution < -0.4 is 15.5 Å². The first-order valence-corrected chi connectivity index (χ1v) is 9.83. The summed E-state index contributed by atoms with van der Waals surface area (Å²) in [4.78, 5) is 26.5. The molecule has 7 heteroatoms. The van der Waals surface area contributed by atoms with Gasteiger partial charge in [0.15, 0.2) is 0 Å². The Morgan fingerprint density at radius 1 is 0.900 bits per heavy atom. The predicted octanol–water partition coefficient (Wildman–Crippen LogP) is 5.34. The molecule has 2 N–H and O–H groups in total. The Kier molecular flexibility index (Phi) is 7.40. The molecule has 0 spiro atoms. The van der Waals surface area contributed by atoms with Crippen molar-refractivity contribution in [3.05, 3.63) is 95.3 Å². The van der Waals surface area contributed by atoms with Crippen molar-refractivity contribution < 1.29 is 14.0 Å². The van der Waals surface area contributed by atoms with Gasteiger partial charge in [-0.25, -0.2) is 9.18 Å². The van der Waals surface area contributed by atoms with E-state index in [1.165, 1.54) is 17.0 Å². The van der Waals surface area contributed by atoms with Gasteiger partial charge in [-0.3, -0.25) is 9.69 Å². The third-order valence-corrected chi connectivity index (χ3v) is 4.61.